The monoisotopic (exact) mass is 412 g/mol. The van der Waals surface area contributed by atoms with Gasteiger partial charge in [0.25, 0.3) is 11.4 Å². The summed E-state index contributed by atoms with van der Waals surface area (Å²) in [4.78, 5) is 22.9. The minimum Gasteiger partial charge on any atom is -0.258 e. The fraction of sp³-hybridized carbons (Fsp3) is 0.455. The number of para-hydroxylation sites is 2. The molecule has 7 heteroatoms. The second-order valence-electron chi connectivity index (χ2n) is 8.05. The second-order valence-corrected chi connectivity index (χ2v) is 9.82. The average molecular weight is 413 g/mol. The lowest BCUT2D eigenvalue weighted by Crippen LogP contribution is -2.29. The first-order valence-electron chi connectivity index (χ1n) is 10.2. The highest BCUT2D eigenvalue weighted by Crippen LogP contribution is 2.63. The van der Waals surface area contributed by atoms with E-state index in [4.69, 9.17) is 0 Å². The molecule has 0 amide bonds. The van der Waals surface area contributed by atoms with Crippen molar-refractivity contribution in [3.63, 3.8) is 0 Å². The van der Waals surface area contributed by atoms with Gasteiger partial charge in [0.2, 0.25) is 0 Å². The van der Waals surface area contributed by atoms with Crippen LogP contribution in [0.25, 0.3) is 0 Å². The Bertz CT molecular complexity index is 858. The first-order valence-corrected chi connectivity index (χ1v) is 11.0. The summed E-state index contributed by atoms with van der Waals surface area (Å²) in [5, 5.41) is 23.5. The zero-order valence-corrected chi connectivity index (χ0v) is 17.0. The van der Waals surface area contributed by atoms with Gasteiger partial charge in [-0.15, -0.1) is 11.8 Å². The smallest absolute Gasteiger partial charge is 0.258 e. The van der Waals surface area contributed by atoms with Gasteiger partial charge < -0.3 is 0 Å². The molecule has 2 aromatic rings. The van der Waals surface area contributed by atoms with Crippen LogP contribution in [0, 0.1) is 20.2 Å². The summed E-state index contributed by atoms with van der Waals surface area (Å²) < 4.78 is -0.755. The molecule has 2 aliphatic carbocycles. The first kappa shape index (κ1) is 19.9. The molecule has 0 bridgehead atoms. The van der Waals surface area contributed by atoms with Gasteiger partial charge >= 0.3 is 0 Å². The van der Waals surface area contributed by atoms with Gasteiger partial charge in [0.05, 0.1) is 9.85 Å². The van der Waals surface area contributed by atoms with Gasteiger partial charge in [-0.05, 0) is 25.7 Å². The Balaban J connectivity index is 1.84. The van der Waals surface area contributed by atoms with Crippen molar-refractivity contribution < 1.29 is 9.85 Å². The van der Waals surface area contributed by atoms with Crippen LogP contribution in [0.1, 0.15) is 62.5 Å². The van der Waals surface area contributed by atoms with E-state index < -0.39 is 0 Å². The van der Waals surface area contributed by atoms with E-state index in [2.05, 4.69) is 0 Å². The number of thioether (sulfide) groups is 1. The van der Waals surface area contributed by atoms with Gasteiger partial charge in [-0.1, -0.05) is 62.1 Å². The Morgan fingerprint density at radius 2 is 1.00 bits per heavy atom. The molecule has 29 heavy (non-hydrogen) atoms. The van der Waals surface area contributed by atoms with E-state index in [-0.39, 0.29) is 30.7 Å². The average Bonchev–Trinajstić information content (AvgIpc) is 3.39. The highest BCUT2D eigenvalue weighted by molar-refractivity contribution is 8.01. The number of nitro groups is 2. The van der Waals surface area contributed by atoms with Crippen LogP contribution in [0.5, 0.6) is 0 Å². The molecule has 0 aliphatic heterocycles. The van der Waals surface area contributed by atoms with Gasteiger partial charge in [0.1, 0.15) is 0 Å². The van der Waals surface area contributed by atoms with Crippen LogP contribution in [0.2, 0.25) is 0 Å². The molecule has 4 rings (SSSR count). The fourth-order valence-corrected chi connectivity index (χ4v) is 7.45. The maximum atomic E-state index is 11.8. The van der Waals surface area contributed by atoms with E-state index in [9.17, 15) is 20.2 Å². The van der Waals surface area contributed by atoms with Crippen LogP contribution in [0.3, 0.4) is 0 Å². The Kier molecular flexibility index (Phi) is 5.34. The van der Waals surface area contributed by atoms with Crippen LogP contribution in [0.15, 0.2) is 48.5 Å². The van der Waals surface area contributed by atoms with Crippen LogP contribution in [-0.4, -0.2) is 9.85 Å². The van der Waals surface area contributed by atoms with Crippen LogP contribution >= 0.6 is 11.8 Å². The van der Waals surface area contributed by atoms with Crippen molar-refractivity contribution in [2.45, 2.75) is 60.9 Å². The van der Waals surface area contributed by atoms with Crippen LogP contribution in [-0.2, 0) is 9.49 Å². The Hall–Kier alpha value is -2.41. The third-order valence-corrected chi connectivity index (χ3v) is 8.43. The maximum absolute atomic E-state index is 11.8. The van der Waals surface area contributed by atoms with E-state index in [1.165, 1.54) is 0 Å². The molecule has 0 spiro atoms. The molecular formula is C22H24N2O4S. The van der Waals surface area contributed by atoms with E-state index in [1.54, 1.807) is 36.0 Å². The number of rotatable bonds is 6. The number of nitrogens with zero attached hydrogens (tertiary/aromatic N) is 2. The Morgan fingerprint density at radius 3 is 1.34 bits per heavy atom. The number of hydrogen-bond acceptors (Lipinski definition) is 5. The SMILES string of the molecule is O=[N+]([O-])c1ccccc1C1(SC2(c3ccccc3[N+](=O)[O-])CCCC2)CCCC1. The summed E-state index contributed by atoms with van der Waals surface area (Å²) in [6, 6.07) is 14.1. The minimum absolute atomic E-state index is 0.164. The summed E-state index contributed by atoms with van der Waals surface area (Å²) in [6.07, 6.45) is 7.54. The molecule has 6 nitrogen and oxygen atoms in total. The molecule has 152 valence electrons. The van der Waals surface area contributed by atoms with Gasteiger partial charge in [0, 0.05) is 32.8 Å². The van der Waals surface area contributed by atoms with Crippen LogP contribution < -0.4 is 0 Å². The summed E-state index contributed by atoms with van der Waals surface area (Å²) in [7, 11) is 0. The van der Waals surface area contributed by atoms with E-state index in [0.29, 0.717) is 0 Å². The van der Waals surface area contributed by atoms with E-state index in [0.717, 1.165) is 62.5 Å². The summed E-state index contributed by atoms with van der Waals surface area (Å²) in [5.41, 5.74) is 1.88. The molecule has 2 fully saturated rings. The van der Waals surface area contributed by atoms with Crippen molar-refractivity contribution in [1.29, 1.82) is 0 Å². The molecule has 0 aromatic heterocycles. The van der Waals surface area contributed by atoms with Gasteiger partial charge in [-0.2, -0.15) is 0 Å². The largest absolute Gasteiger partial charge is 0.273 e. The van der Waals surface area contributed by atoms with E-state index >= 15 is 0 Å². The zero-order valence-electron chi connectivity index (χ0n) is 16.2. The quantitative estimate of drug-likeness (QED) is 0.400. The third kappa shape index (κ3) is 3.52. The number of hydrogen-bond donors (Lipinski definition) is 0. The second kappa shape index (κ2) is 7.78. The lowest BCUT2D eigenvalue weighted by Gasteiger charge is -2.39. The topological polar surface area (TPSA) is 86.3 Å². The van der Waals surface area contributed by atoms with Crippen molar-refractivity contribution in [2.75, 3.05) is 0 Å². The first-order chi connectivity index (χ1) is 14.0. The molecule has 0 atom stereocenters. The highest BCUT2D eigenvalue weighted by Gasteiger charge is 2.50. The standard InChI is InChI=1S/C22H24N2O4S/c25-23(26)19-11-3-1-9-17(19)21(13-5-6-14-21)29-22(15-7-8-16-22)18-10-2-4-12-20(18)24(27)28/h1-4,9-12H,5-8,13-16H2. The molecule has 0 heterocycles. The third-order valence-electron chi connectivity index (χ3n) is 6.40. The van der Waals surface area contributed by atoms with Gasteiger partial charge in [-0.3, -0.25) is 20.2 Å². The molecule has 0 unspecified atom stereocenters. The molecular weight excluding hydrogens is 388 g/mol. The Morgan fingerprint density at radius 1 is 0.655 bits per heavy atom. The molecule has 2 saturated carbocycles. The molecule has 0 radical (unpaired) electrons. The van der Waals surface area contributed by atoms with Crippen molar-refractivity contribution in [3.05, 3.63) is 79.9 Å². The van der Waals surface area contributed by atoms with E-state index in [1.807, 2.05) is 24.3 Å². The molecule has 2 aromatic carbocycles. The predicted octanol–water partition coefficient (Wildman–Crippen LogP) is 6.48. The minimum atomic E-state index is -0.377. The number of nitro benzene ring substituents is 2. The summed E-state index contributed by atoms with van der Waals surface area (Å²) in [5.74, 6) is 0. The lowest BCUT2D eigenvalue weighted by molar-refractivity contribution is -0.385. The summed E-state index contributed by atoms with van der Waals surface area (Å²) >= 11 is 1.77. The summed E-state index contributed by atoms with van der Waals surface area (Å²) in [6.45, 7) is 0. The molecule has 0 N–H and O–H groups in total. The maximum Gasteiger partial charge on any atom is 0.273 e. The van der Waals surface area contributed by atoms with Crippen molar-refractivity contribution in [3.8, 4) is 0 Å². The fourth-order valence-electron chi connectivity index (χ4n) is 5.16. The normalized spacial score (nSPS) is 19.9. The lowest BCUT2D eigenvalue weighted by atomic mass is 9.93. The highest BCUT2D eigenvalue weighted by atomic mass is 32.2. The Labute approximate surface area is 174 Å². The van der Waals surface area contributed by atoms with Gasteiger partial charge in [0.15, 0.2) is 0 Å². The zero-order chi connectivity index (χ0) is 20.5. The number of benzene rings is 2. The molecule has 0 saturated heterocycles. The van der Waals surface area contributed by atoms with Crippen molar-refractivity contribution in [2.24, 2.45) is 0 Å². The predicted molar refractivity (Wildman–Crippen MR) is 114 cm³/mol. The van der Waals surface area contributed by atoms with Crippen molar-refractivity contribution in [1.82, 2.24) is 0 Å². The molecule has 2 aliphatic rings. The van der Waals surface area contributed by atoms with Crippen molar-refractivity contribution >= 4 is 23.1 Å². The van der Waals surface area contributed by atoms with Crippen LogP contribution in [0.4, 0.5) is 11.4 Å². The van der Waals surface area contributed by atoms with Gasteiger partial charge in [-0.25, -0.2) is 0 Å².